The molecule has 4 aliphatic heterocycles. The molecule has 2 N–H and O–H groups in total. The summed E-state index contributed by atoms with van der Waals surface area (Å²) in [6.45, 7) is 12.1. The molecule has 5 rings (SSSR count). The van der Waals surface area contributed by atoms with Crippen LogP contribution < -0.4 is 20.3 Å². The number of amides is 2. The van der Waals surface area contributed by atoms with E-state index in [-0.39, 0.29) is 11.8 Å². The van der Waals surface area contributed by atoms with E-state index in [0.717, 1.165) is 109 Å². The fraction of sp³-hybridized carbons (Fsp3) is 0.733. The molecule has 1 aromatic carbocycles. The molecule has 0 radical (unpaired) electrons. The average molecular weight is 557 g/mol. The standard InChI is InChI=1S/C30H48N6O4/c1-39-18-16-33-12-14-35(15-13-33)29(37)20-24-6-9-36-23-25(24)3-2-17-40-28-5-4-27(34-10-7-31-8-11-34)19-26(28)21-32-22-30(36)38/h4-5,19,24-25,31-32H,2-3,6-18,20-23H2,1H3/t24-,25-/m0/s1. The van der Waals surface area contributed by atoms with Gasteiger partial charge in [-0.1, -0.05) is 0 Å². The summed E-state index contributed by atoms with van der Waals surface area (Å²) in [7, 11) is 1.73. The zero-order chi connectivity index (χ0) is 27.7. The monoisotopic (exact) mass is 556 g/mol. The predicted octanol–water partition coefficient (Wildman–Crippen LogP) is 1.00. The molecule has 2 atom stereocenters. The number of piperazine rings is 2. The Morgan fingerprint density at radius 1 is 1.00 bits per heavy atom. The van der Waals surface area contributed by atoms with Gasteiger partial charge in [0, 0.05) is 103 Å². The molecule has 222 valence electrons. The molecule has 10 heteroatoms. The minimum atomic E-state index is 0.155. The molecule has 0 saturated carbocycles. The van der Waals surface area contributed by atoms with Crippen molar-refractivity contribution in [1.82, 2.24) is 25.3 Å². The number of carbonyl (C=O) groups is 2. The summed E-state index contributed by atoms with van der Waals surface area (Å²) in [5, 5.41) is 6.80. The lowest BCUT2D eigenvalue weighted by atomic mass is 9.80. The number of anilines is 1. The first-order valence-corrected chi connectivity index (χ1v) is 15.3. The number of carbonyl (C=O) groups excluding carboxylic acids is 2. The Bertz CT molecular complexity index is 979. The molecule has 0 spiro atoms. The summed E-state index contributed by atoms with van der Waals surface area (Å²) in [4.78, 5) is 35.3. The summed E-state index contributed by atoms with van der Waals surface area (Å²) in [6, 6.07) is 6.47. The topological polar surface area (TPSA) is 89.6 Å². The van der Waals surface area contributed by atoms with Crippen LogP contribution in [-0.4, -0.2) is 125 Å². The minimum absolute atomic E-state index is 0.155. The molecule has 0 aromatic heterocycles. The van der Waals surface area contributed by atoms with E-state index in [4.69, 9.17) is 9.47 Å². The van der Waals surface area contributed by atoms with Crippen molar-refractivity contribution in [3.63, 3.8) is 0 Å². The van der Waals surface area contributed by atoms with Crippen LogP contribution in [0.3, 0.4) is 0 Å². The summed E-state index contributed by atoms with van der Waals surface area (Å²) in [5.74, 6) is 1.96. The van der Waals surface area contributed by atoms with Gasteiger partial charge in [-0.25, -0.2) is 0 Å². The number of benzene rings is 1. The van der Waals surface area contributed by atoms with Crippen molar-refractivity contribution in [2.24, 2.45) is 11.8 Å². The molecule has 40 heavy (non-hydrogen) atoms. The predicted molar refractivity (Wildman–Crippen MR) is 156 cm³/mol. The highest BCUT2D eigenvalue weighted by atomic mass is 16.5. The van der Waals surface area contributed by atoms with Crippen LogP contribution in [0.25, 0.3) is 0 Å². The van der Waals surface area contributed by atoms with Gasteiger partial charge in [-0.2, -0.15) is 0 Å². The third-order valence-electron chi connectivity index (χ3n) is 9.11. The maximum Gasteiger partial charge on any atom is 0.236 e. The number of nitrogens with zero attached hydrogens (tertiary/aromatic N) is 4. The number of fused-ring (bicyclic) bond motifs is 3. The Hall–Kier alpha value is -2.40. The molecular weight excluding hydrogens is 508 g/mol. The number of hydrogen-bond donors (Lipinski definition) is 2. The number of nitrogens with one attached hydrogen (secondary N) is 2. The van der Waals surface area contributed by atoms with E-state index in [1.54, 1.807) is 7.11 Å². The van der Waals surface area contributed by atoms with Crippen molar-refractivity contribution in [2.45, 2.75) is 32.2 Å². The zero-order valence-electron chi connectivity index (χ0n) is 24.2. The fourth-order valence-corrected chi connectivity index (χ4v) is 6.61. The molecular formula is C30H48N6O4. The Labute approximate surface area is 239 Å². The van der Waals surface area contributed by atoms with E-state index in [1.807, 2.05) is 9.80 Å². The second-order valence-corrected chi connectivity index (χ2v) is 11.7. The highest BCUT2D eigenvalue weighted by molar-refractivity contribution is 5.79. The third kappa shape index (κ3) is 7.66. The summed E-state index contributed by atoms with van der Waals surface area (Å²) < 4.78 is 11.5. The first-order chi connectivity index (χ1) is 19.6. The van der Waals surface area contributed by atoms with Crippen molar-refractivity contribution >= 4 is 17.5 Å². The number of piperidine rings is 1. The first kappa shape index (κ1) is 29.1. The number of hydrogen-bond acceptors (Lipinski definition) is 8. The molecule has 2 amide bonds. The van der Waals surface area contributed by atoms with Gasteiger partial charge in [0.1, 0.15) is 5.75 Å². The Morgan fingerprint density at radius 3 is 2.62 bits per heavy atom. The summed E-state index contributed by atoms with van der Waals surface area (Å²) in [6.07, 6.45) is 3.36. The molecule has 4 heterocycles. The van der Waals surface area contributed by atoms with E-state index in [0.29, 0.717) is 38.0 Å². The van der Waals surface area contributed by atoms with Crippen LogP contribution in [0, 0.1) is 11.8 Å². The molecule has 0 unspecified atom stereocenters. The highest BCUT2D eigenvalue weighted by Crippen LogP contribution is 2.32. The Kier molecular flexibility index (Phi) is 10.5. The molecule has 2 bridgehead atoms. The Morgan fingerprint density at radius 2 is 1.82 bits per heavy atom. The van der Waals surface area contributed by atoms with Crippen molar-refractivity contribution in [3.05, 3.63) is 23.8 Å². The zero-order valence-corrected chi connectivity index (χ0v) is 24.2. The van der Waals surface area contributed by atoms with Crippen LogP contribution in [-0.2, 0) is 20.9 Å². The van der Waals surface area contributed by atoms with Crippen LogP contribution in [0.15, 0.2) is 18.2 Å². The van der Waals surface area contributed by atoms with Gasteiger partial charge in [-0.3, -0.25) is 14.5 Å². The van der Waals surface area contributed by atoms with Gasteiger partial charge >= 0.3 is 0 Å². The lowest BCUT2D eigenvalue weighted by molar-refractivity contribution is -0.136. The maximum absolute atomic E-state index is 13.3. The second-order valence-electron chi connectivity index (χ2n) is 11.7. The van der Waals surface area contributed by atoms with E-state index in [1.165, 1.54) is 5.69 Å². The van der Waals surface area contributed by atoms with Crippen molar-refractivity contribution in [3.8, 4) is 5.75 Å². The average Bonchev–Trinajstić information content (AvgIpc) is 3.00. The van der Waals surface area contributed by atoms with Gasteiger partial charge in [0.25, 0.3) is 0 Å². The quantitative estimate of drug-likeness (QED) is 0.537. The number of rotatable bonds is 6. The van der Waals surface area contributed by atoms with Gasteiger partial charge in [0.05, 0.1) is 19.8 Å². The number of ether oxygens (including phenoxy) is 2. The van der Waals surface area contributed by atoms with Crippen molar-refractivity contribution in [1.29, 1.82) is 0 Å². The van der Waals surface area contributed by atoms with E-state index in [2.05, 4.69) is 38.6 Å². The van der Waals surface area contributed by atoms with Gasteiger partial charge in [-0.15, -0.1) is 0 Å². The van der Waals surface area contributed by atoms with Crippen LogP contribution in [0.1, 0.15) is 31.2 Å². The molecule has 3 saturated heterocycles. The van der Waals surface area contributed by atoms with E-state index < -0.39 is 0 Å². The van der Waals surface area contributed by atoms with Crippen LogP contribution in [0.5, 0.6) is 5.75 Å². The van der Waals surface area contributed by atoms with E-state index in [9.17, 15) is 9.59 Å². The van der Waals surface area contributed by atoms with Gasteiger partial charge in [0.2, 0.25) is 11.8 Å². The second kappa shape index (κ2) is 14.5. The van der Waals surface area contributed by atoms with Crippen LogP contribution in [0.2, 0.25) is 0 Å². The first-order valence-electron chi connectivity index (χ1n) is 15.3. The molecule has 10 nitrogen and oxygen atoms in total. The number of methoxy groups -OCH3 is 1. The SMILES string of the molecule is COCCN1CCN(C(=O)C[C@@H]2CCN3C[C@@H]2CCCOc2ccc(N4CCNCC4)cc2CNCC3=O)CC1. The minimum Gasteiger partial charge on any atom is -0.493 e. The van der Waals surface area contributed by atoms with Gasteiger partial charge < -0.3 is 34.8 Å². The maximum atomic E-state index is 13.3. The lowest BCUT2D eigenvalue weighted by Crippen LogP contribution is -2.51. The fourth-order valence-electron chi connectivity index (χ4n) is 6.61. The summed E-state index contributed by atoms with van der Waals surface area (Å²) >= 11 is 0. The molecule has 1 aromatic rings. The van der Waals surface area contributed by atoms with Crippen LogP contribution >= 0.6 is 0 Å². The van der Waals surface area contributed by atoms with Crippen molar-refractivity contribution in [2.75, 3.05) is 104 Å². The van der Waals surface area contributed by atoms with Gasteiger partial charge in [0.15, 0.2) is 0 Å². The lowest BCUT2D eigenvalue weighted by Gasteiger charge is -2.40. The van der Waals surface area contributed by atoms with Gasteiger partial charge in [-0.05, 0) is 49.3 Å². The van der Waals surface area contributed by atoms with E-state index >= 15 is 0 Å². The largest absolute Gasteiger partial charge is 0.493 e. The summed E-state index contributed by atoms with van der Waals surface area (Å²) in [5.41, 5.74) is 2.32. The third-order valence-corrected chi connectivity index (χ3v) is 9.11. The normalized spacial score (nSPS) is 25.3. The highest BCUT2D eigenvalue weighted by Gasteiger charge is 2.34. The Balaban J connectivity index is 1.18. The van der Waals surface area contributed by atoms with Crippen molar-refractivity contribution < 1.29 is 19.1 Å². The molecule has 4 aliphatic rings. The molecule has 3 fully saturated rings. The smallest absolute Gasteiger partial charge is 0.236 e. The molecule has 0 aliphatic carbocycles. The van der Waals surface area contributed by atoms with Crippen LogP contribution in [0.4, 0.5) is 5.69 Å².